The molecule has 1 aromatic carbocycles. The third kappa shape index (κ3) is 3.55. The van der Waals surface area contributed by atoms with Gasteiger partial charge in [-0.15, -0.1) is 0 Å². The molecule has 144 valence electrons. The minimum absolute atomic E-state index is 0.00167. The molecule has 2 atom stereocenters. The fourth-order valence-electron chi connectivity index (χ4n) is 3.26. The molecular weight excluding hydrogens is 358 g/mol. The van der Waals surface area contributed by atoms with Crippen molar-refractivity contribution in [3.63, 3.8) is 0 Å². The molecule has 27 heavy (non-hydrogen) atoms. The van der Waals surface area contributed by atoms with Crippen molar-refractivity contribution in [3.05, 3.63) is 53.4 Å². The molecule has 1 aromatic heterocycles. The Bertz CT molecular complexity index is 856. The van der Waals surface area contributed by atoms with E-state index in [0.717, 1.165) is 23.9 Å². The zero-order chi connectivity index (χ0) is 19.6. The average Bonchev–Trinajstić information content (AvgIpc) is 3.13. The predicted molar refractivity (Wildman–Crippen MR) is 92.6 cm³/mol. The molecule has 0 spiro atoms. The van der Waals surface area contributed by atoms with E-state index in [4.69, 9.17) is 10.5 Å². The van der Waals surface area contributed by atoms with Gasteiger partial charge in [0.05, 0.1) is 18.2 Å². The predicted octanol–water partition coefficient (Wildman–Crippen LogP) is 1.97. The van der Waals surface area contributed by atoms with Crippen molar-refractivity contribution in [2.75, 3.05) is 20.3 Å². The third-order valence-electron chi connectivity index (χ3n) is 4.70. The number of ether oxygens (including phenoxy) is 1. The third-order valence-corrected chi connectivity index (χ3v) is 4.70. The van der Waals surface area contributed by atoms with Crippen molar-refractivity contribution in [1.82, 2.24) is 10.1 Å². The van der Waals surface area contributed by atoms with Crippen LogP contribution in [0.5, 0.6) is 0 Å². The van der Waals surface area contributed by atoms with Crippen LogP contribution in [0.2, 0.25) is 0 Å². The van der Waals surface area contributed by atoms with Crippen LogP contribution in [-0.2, 0) is 15.1 Å². The van der Waals surface area contributed by atoms with Gasteiger partial charge in [-0.3, -0.25) is 9.69 Å². The van der Waals surface area contributed by atoms with Crippen LogP contribution >= 0.6 is 0 Å². The summed E-state index contributed by atoms with van der Waals surface area (Å²) in [5, 5.41) is 3.54. The number of hydrogen-bond acceptors (Lipinski definition) is 6. The number of nitrogens with two attached hydrogens (primary N) is 1. The molecule has 7 nitrogen and oxygen atoms in total. The van der Waals surface area contributed by atoms with E-state index >= 15 is 0 Å². The number of carbonyl (C=O) groups is 1. The van der Waals surface area contributed by atoms with E-state index in [9.17, 15) is 13.6 Å². The minimum Gasteiger partial charge on any atom is -0.379 e. The molecular formula is C18H20F2N4O3. The Morgan fingerprint density at radius 1 is 1.33 bits per heavy atom. The summed E-state index contributed by atoms with van der Waals surface area (Å²) in [6, 6.07) is 4.92. The van der Waals surface area contributed by atoms with Crippen LogP contribution in [0.3, 0.4) is 0 Å². The molecule has 3 heterocycles. The summed E-state index contributed by atoms with van der Waals surface area (Å²) in [5.74, 6) is -2.11. The molecule has 2 N–H and O–H groups in total. The quantitative estimate of drug-likeness (QED) is 0.819. The van der Waals surface area contributed by atoms with E-state index in [1.807, 2.05) is 6.92 Å². The van der Waals surface area contributed by atoms with Crippen molar-refractivity contribution in [2.45, 2.75) is 18.9 Å². The average molecular weight is 378 g/mol. The number of carbonyl (C=O) groups excluding carboxylic acids is 1. The lowest BCUT2D eigenvalue weighted by Gasteiger charge is -2.45. The first-order valence-corrected chi connectivity index (χ1v) is 8.38. The van der Waals surface area contributed by atoms with E-state index in [2.05, 4.69) is 14.7 Å². The lowest BCUT2D eigenvalue weighted by Crippen LogP contribution is -2.58. The summed E-state index contributed by atoms with van der Waals surface area (Å²) in [6.07, 6.45) is 1.94. The maximum Gasteiger partial charge on any atom is 0.235 e. The van der Waals surface area contributed by atoms with Crippen LogP contribution in [0.1, 0.15) is 17.7 Å². The number of amides is 1. The second-order valence-electron chi connectivity index (χ2n) is 6.45. The zero-order valence-corrected chi connectivity index (χ0v) is 15.0. The molecule has 1 fully saturated rings. The Hall–Kier alpha value is -2.81. The highest BCUT2D eigenvalue weighted by atomic mass is 19.1. The van der Waals surface area contributed by atoms with Gasteiger partial charge >= 0.3 is 0 Å². The van der Waals surface area contributed by atoms with Crippen LogP contribution in [0.25, 0.3) is 0 Å². The topological polar surface area (TPSA) is 94.0 Å². The number of aromatic nitrogens is 1. The number of benzene rings is 1. The van der Waals surface area contributed by atoms with Crippen LogP contribution in [-0.4, -0.2) is 42.2 Å². The second-order valence-corrected chi connectivity index (χ2v) is 6.45. The number of halogens is 2. The smallest absolute Gasteiger partial charge is 0.235 e. The fourth-order valence-corrected chi connectivity index (χ4v) is 3.26. The maximum atomic E-state index is 14.2. The van der Waals surface area contributed by atoms with Gasteiger partial charge in [0, 0.05) is 25.3 Å². The normalized spacial score (nSPS) is 24.6. The van der Waals surface area contributed by atoms with Gasteiger partial charge in [0.1, 0.15) is 23.4 Å². The number of aliphatic imine (C=N–C) groups is 1. The Morgan fingerprint density at radius 2 is 2.11 bits per heavy atom. The maximum absolute atomic E-state index is 14.2. The highest BCUT2D eigenvalue weighted by Crippen LogP contribution is 2.43. The van der Waals surface area contributed by atoms with Crippen LogP contribution in [0.4, 0.5) is 8.78 Å². The summed E-state index contributed by atoms with van der Waals surface area (Å²) < 4.78 is 37.6. The van der Waals surface area contributed by atoms with Gasteiger partial charge in [0.2, 0.25) is 5.91 Å². The fraction of sp³-hybridized carbons (Fsp3) is 0.389. The lowest BCUT2D eigenvalue weighted by molar-refractivity contribution is -0.140. The first-order chi connectivity index (χ1) is 12.8. The van der Waals surface area contributed by atoms with Crippen molar-refractivity contribution in [3.8, 4) is 0 Å². The molecule has 2 unspecified atom stereocenters. The van der Waals surface area contributed by atoms with Crippen molar-refractivity contribution >= 4 is 11.9 Å². The molecule has 2 aromatic rings. The van der Waals surface area contributed by atoms with Gasteiger partial charge < -0.3 is 15.0 Å². The molecule has 2 aliphatic rings. The molecule has 0 radical (unpaired) electrons. The molecule has 0 aliphatic carbocycles. The van der Waals surface area contributed by atoms with Gasteiger partial charge in [-0.25, -0.2) is 13.8 Å². The SMILES string of the molecule is CN1C(=O)C2CCOCC2(c2cc(F)ccc2F)N=C1N.Cc1ccon1. The summed E-state index contributed by atoms with van der Waals surface area (Å²) in [4.78, 5) is 18.0. The minimum atomic E-state index is -1.29. The summed E-state index contributed by atoms with van der Waals surface area (Å²) in [5.41, 5.74) is 5.41. The summed E-state index contributed by atoms with van der Waals surface area (Å²) >= 11 is 0. The van der Waals surface area contributed by atoms with Gasteiger partial charge in [0.25, 0.3) is 0 Å². The largest absolute Gasteiger partial charge is 0.379 e. The molecule has 0 saturated carbocycles. The molecule has 1 amide bonds. The van der Waals surface area contributed by atoms with Gasteiger partial charge in [-0.05, 0) is 31.5 Å². The first-order valence-electron chi connectivity index (χ1n) is 8.38. The van der Waals surface area contributed by atoms with Gasteiger partial charge in [-0.1, -0.05) is 5.16 Å². The standard InChI is InChI=1S/C14H15F2N3O2.C4H5NO/c1-19-12(20)9-4-5-21-7-14(9,18-13(19)17)10-6-8(15)2-3-11(10)16;1-4-2-3-6-5-4/h2-3,6,9H,4-5,7H2,1H3,(H2,17,18);2-3H,1H3. The summed E-state index contributed by atoms with van der Waals surface area (Å²) in [7, 11) is 1.52. The number of fused-ring (bicyclic) bond motifs is 1. The molecule has 0 bridgehead atoms. The monoisotopic (exact) mass is 378 g/mol. The highest BCUT2D eigenvalue weighted by Gasteiger charge is 2.52. The molecule has 1 saturated heterocycles. The van der Waals surface area contributed by atoms with Crippen LogP contribution in [0, 0.1) is 24.5 Å². The Labute approximate surface area is 154 Å². The van der Waals surface area contributed by atoms with E-state index in [0.29, 0.717) is 13.0 Å². The highest BCUT2D eigenvalue weighted by molar-refractivity contribution is 6.00. The Kier molecular flexibility index (Phi) is 5.22. The van der Waals surface area contributed by atoms with E-state index in [1.165, 1.54) is 11.9 Å². The van der Waals surface area contributed by atoms with Gasteiger partial charge in [-0.2, -0.15) is 0 Å². The molecule has 2 aliphatic heterocycles. The number of hydrogen-bond donors (Lipinski definition) is 1. The van der Waals surface area contributed by atoms with E-state index < -0.39 is 23.1 Å². The Morgan fingerprint density at radius 3 is 2.74 bits per heavy atom. The van der Waals surface area contributed by atoms with Crippen molar-refractivity contribution < 1.29 is 22.8 Å². The number of aryl methyl sites for hydroxylation is 1. The van der Waals surface area contributed by atoms with Crippen LogP contribution < -0.4 is 5.73 Å². The summed E-state index contributed by atoms with van der Waals surface area (Å²) in [6.45, 7) is 2.25. The Balaban J connectivity index is 0.000000299. The first kappa shape index (κ1) is 19.0. The second kappa shape index (κ2) is 7.43. The van der Waals surface area contributed by atoms with Gasteiger partial charge in [0.15, 0.2) is 5.96 Å². The lowest BCUT2D eigenvalue weighted by atomic mass is 9.74. The van der Waals surface area contributed by atoms with Crippen molar-refractivity contribution in [2.24, 2.45) is 16.6 Å². The van der Waals surface area contributed by atoms with E-state index in [1.54, 1.807) is 12.3 Å². The van der Waals surface area contributed by atoms with Crippen molar-refractivity contribution in [1.29, 1.82) is 0 Å². The number of nitrogens with zero attached hydrogens (tertiary/aromatic N) is 3. The number of rotatable bonds is 1. The molecule has 4 rings (SSSR count). The van der Waals surface area contributed by atoms with Crippen LogP contribution in [0.15, 0.2) is 40.0 Å². The number of guanidine groups is 1. The zero-order valence-electron chi connectivity index (χ0n) is 15.0. The molecule has 9 heteroatoms. The van der Waals surface area contributed by atoms with E-state index in [-0.39, 0.29) is 24.0 Å².